The van der Waals surface area contributed by atoms with Crippen LogP contribution in [-0.2, 0) is 0 Å². The Kier molecular flexibility index (Phi) is 7.44. The van der Waals surface area contributed by atoms with Gasteiger partial charge in [0.2, 0.25) is 11.5 Å². The molecule has 7 N–H and O–H groups in total. The van der Waals surface area contributed by atoms with Gasteiger partial charge in [0, 0.05) is 33.0 Å². The maximum atomic E-state index is 12.0. The van der Waals surface area contributed by atoms with Crippen LogP contribution in [0.4, 0.5) is 11.4 Å². The first kappa shape index (κ1) is 33.3. The van der Waals surface area contributed by atoms with Crippen molar-refractivity contribution in [1.29, 1.82) is 0 Å². The molecular formula is C46H33NO8. The minimum atomic E-state index is -1.61. The summed E-state index contributed by atoms with van der Waals surface area (Å²) in [5.41, 5.74) is 4.71. The van der Waals surface area contributed by atoms with Crippen molar-refractivity contribution in [2.24, 2.45) is 5.92 Å². The van der Waals surface area contributed by atoms with E-state index in [2.05, 4.69) is 13.2 Å². The average Bonchev–Trinajstić information content (AvgIpc) is 3.60. The summed E-state index contributed by atoms with van der Waals surface area (Å²) in [6.45, 7) is 7.81. The summed E-state index contributed by atoms with van der Waals surface area (Å²) in [5.74, 6) is -8.30. The van der Waals surface area contributed by atoms with Crippen LogP contribution in [0, 0.1) is 5.92 Å². The third-order valence-electron chi connectivity index (χ3n) is 10.7. The van der Waals surface area contributed by atoms with Gasteiger partial charge in [0.25, 0.3) is 0 Å². The number of allylic oxidation sites excluding steroid dienone is 1. The SMILES string of the molecule is C=Cc1ccc(N(c2c(-c3cccc4c3oc3cc(C=C)ccc34)c3ccccc3c3ccccc23)C2C(O)=C(O)C(O)=C3C(O)=C(O)C(O)=C(O)C32)cc1. The highest BCUT2D eigenvalue weighted by Gasteiger charge is 2.50. The number of aliphatic hydroxyl groups excluding tert-OH is 7. The molecule has 7 aromatic rings. The van der Waals surface area contributed by atoms with Gasteiger partial charge in [0.1, 0.15) is 23.0 Å². The van der Waals surface area contributed by atoms with Gasteiger partial charge >= 0.3 is 0 Å². The normalized spacial score (nSPS) is 17.5. The van der Waals surface area contributed by atoms with Crippen molar-refractivity contribution in [3.63, 3.8) is 0 Å². The molecule has 0 fully saturated rings. The standard InChI is InChI=1S/C46H33NO8/c1-3-23-16-19-25(20-17-23)47(38-35-36(40(49)43(52)42(38)51)41(50)45(54)44(53)39(35)48)37-30-13-8-6-11-27(30)26-10-5-7-12-29(26)34(37)32-15-9-14-31-28-21-18-24(4-2)22-33(28)55-46(31)32/h3-22,35,38,48-54H,1-2H2. The van der Waals surface area contributed by atoms with E-state index in [1.54, 1.807) is 29.2 Å². The van der Waals surface area contributed by atoms with Crippen LogP contribution in [-0.4, -0.2) is 41.8 Å². The van der Waals surface area contributed by atoms with Crippen molar-refractivity contribution in [3.05, 3.63) is 179 Å². The molecule has 0 saturated carbocycles. The van der Waals surface area contributed by atoms with Crippen LogP contribution in [0.3, 0.4) is 0 Å². The first-order chi connectivity index (χ1) is 26.6. The summed E-state index contributed by atoms with van der Waals surface area (Å²) in [6, 6.07) is 33.0. The largest absolute Gasteiger partial charge is 0.508 e. The van der Waals surface area contributed by atoms with Gasteiger partial charge in [-0.1, -0.05) is 110 Å². The smallest absolute Gasteiger partial charge is 0.204 e. The number of rotatable bonds is 6. The Morgan fingerprint density at radius 3 is 1.82 bits per heavy atom. The van der Waals surface area contributed by atoms with Crippen LogP contribution in [0.25, 0.3) is 66.8 Å². The van der Waals surface area contributed by atoms with E-state index in [4.69, 9.17) is 4.42 Å². The fourth-order valence-corrected chi connectivity index (χ4v) is 8.16. The predicted octanol–water partition coefficient (Wildman–Crippen LogP) is 11.8. The quantitative estimate of drug-likeness (QED) is 0.0828. The van der Waals surface area contributed by atoms with Gasteiger partial charge in [0.05, 0.1) is 17.2 Å². The number of nitrogens with zero attached hydrogens (tertiary/aromatic N) is 1. The van der Waals surface area contributed by atoms with Crippen molar-refractivity contribution in [1.82, 2.24) is 0 Å². The summed E-state index contributed by atoms with van der Waals surface area (Å²) < 4.78 is 6.69. The Balaban J connectivity index is 1.47. The Morgan fingerprint density at radius 1 is 0.527 bits per heavy atom. The average molecular weight is 728 g/mol. The second kappa shape index (κ2) is 12.3. The highest BCUT2D eigenvalue weighted by Crippen LogP contribution is 2.54. The topological polar surface area (TPSA) is 158 Å². The van der Waals surface area contributed by atoms with Gasteiger partial charge in [-0.2, -0.15) is 0 Å². The molecule has 55 heavy (non-hydrogen) atoms. The lowest BCUT2D eigenvalue weighted by Gasteiger charge is -2.43. The number of anilines is 2. The second-order valence-corrected chi connectivity index (χ2v) is 13.6. The van der Waals surface area contributed by atoms with Crippen LogP contribution >= 0.6 is 0 Å². The molecule has 270 valence electrons. The molecule has 1 heterocycles. The minimum absolute atomic E-state index is 0.454. The zero-order valence-corrected chi connectivity index (χ0v) is 29.1. The third kappa shape index (κ3) is 4.73. The Labute approximate surface area is 313 Å². The summed E-state index contributed by atoms with van der Waals surface area (Å²) >= 11 is 0. The number of fused-ring (bicyclic) bond motifs is 7. The molecule has 2 aliphatic carbocycles. The molecule has 0 saturated heterocycles. The molecule has 0 spiro atoms. The minimum Gasteiger partial charge on any atom is -0.508 e. The van der Waals surface area contributed by atoms with E-state index in [0.29, 0.717) is 39.1 Å². The van der Waals surface area contributed by atoms with Crippen LogP contribution in [0.5, 0.6) is 0 Å². The van der Waals surface area contributed by atoms with Gasteiger partial charge in [-0.3, -0.25) is 0 Å². The fourth-order valence-electron chi connectivity index (χ4n) is 8.16. The zero-order chi connectivity index (χ0) is 38.3. The number of aliphatic hydroxyl groups is 7. The van der Waals surface area contributed by atoms with E-state index in [0.717, 1.165) is 38.1 Å². The number of para-hydroxylation sites is 1. The van der Waals surface area contributed by atoms with Gasteiger partial charge < -0.3 is 45.1 Å². The Bertz CT molecular complexity index is 2940. The van der Waals surface area contributed by atoms with Crippen LogP contribution in [0.2, 0.25) is 0 Å². The molecule has 6 aromatic carbocycles. The molecule has 0 bridgehead atoms. The summed E-state index contributed by atoms with van der Waals surface area (Å²) in [6.07, 6.45) is 3.42. The lowest BCUT2D eigenvalue weighted by molar-refractivity contribution is 0.181. The van der Waals surface area contributed by atoms with Crippen molar-refractivity contribution in [2.75, 3.05) is 4.90 Å². The van der Waals surface area contributed by atoms with Crippen molar-refractivity contribution < 1.29 is 40.2 Å². The van der Waals surface area contributed by atoms with Gasteiger partial charge in [-0.05, 0) is 51.6 Å². The molecule has 9 heteroatoms. The highest BCUT2D eigenvalue weighted by molar-refractivity contribution is 6.24. The molecule has 2 unspecified atom stereocenters. The molecule has 0 radical (unpaired) electrons. The molecule has 2 aliphatic rings. The van der Waals surface area contributed by atoms with Crippen molar-refractivity contribution in [3.8, 4) is 11.1 Å². The van der Waals surface area contributed by atoms with E-state index >= 15 is 0 Å². The van der Waals surface area contributed by atoms with Crippen molar-refractivity contribution >= 4 is 67.0 Å². The lowest BCUT2D eigenvalue weighted by Crippen LogP contribution is -2.46. The van der Waals surface area contributed by atoms with E-state index < -0.39 is 57.8 Å². The van der Waals surface area contributed by atoms with E-state index in [1.165, 1.54) is 0 Å². The summed E-state index contributed by atoms with van der Waals surface area (Å²) in [5, 5.41) is 83.8. The first-order valence-corrected chi connectivity index (χ1v) is 17.5. The number of furan rings is 1. The molecule has 0 amide bonds. The van der Waals surface area contributed by atoms with Gasteiger partial charge in [0.15, 0.2) is 23.0 Å². The van der Waals surface area contributed by atoms with Gasteiger partial charge in [-0.25, -0.2) is 0 Å². The Hall–Kier alpha value is -7.52. The predicted molar refractivity (Wildman–Crippen MR) is 217 cm³/mol. The maximum absolute atomic E-state index is 12.0. The van der Waals surface area contributed by atoms with E-state index in [-0.39, 0.29) is 0 Å². The molecule has 2 atom stereocenters. The monoisotopic (exact) mass is 727 g/mol. The zero-order valence-electron chi connectivity index (χ0n) is 29.1. The van der Waals surface area contributed by atoms with Crippen LogP contribution in [0.1, 0.15) is 11.1 Å². The molecular weight excluding hydrogens is 695 g/mol. The number of hydrogen-bond donors (Lipinski definition) is 7. The van der Waals surface area contributed by atoms with Crippen molar-refractivity contribution in [2.45, 2.75) is 6.04 Å². The number of benzene rings is 6. The molecule has 9 rings (SSSR count). The lowest BCUT2D eigenvalue weighted by atomic mass is 9.77. The first-order valence-electron chi connectivity index (χ1n) is 17.5. The maximum Gasteiger partial charge on any atom is 0.204 e. The second-order valence-electron chi connectivity index (χ2n) is 13.6. The summed E-state index contributed by atoms with van der Waals surface area (Å²) in [4.78, 5) is 1.70. The van der Waals surface area contributed by atoms with E-state index in [1.807, 2.05) is 97.1 Å². The Morgan fingerprint density at radius 2 is 1.13 bits per heavy atom. The van der Waals surface area contributed by atoms with Gasteiger partial charge in [-0.15, -0.1) is 0 Å². The molecule has 0 aliphatic heterocycles. The van der Waals surface area contributed by atoms with E-state index in [9.17, 15) is 35.7 Å². The molecule has 1 aromatic heterocycles. The summed E-state index contributed by atoms with van der Waals surface area (Å²) in [7, 11) is 0. The fraction of sp³-hybridized carbons (Fsp3) is 0.0435. The number of hydrogen-bond acceptors (Lipinski definition) is 9. The van der Waals surface area contributed by atoms with Crippen LogP contribution < -0.4 is 4.90 Å². The third-order valence-corrected chi connectivity index (χ3v) is 10.7. The van der Waals surface area contributed by atoms with Crippen LogP contribution in [0.15, 0.2) is 173 Å². The molecule has 9 nitrogen and oxygen atoms in total. The highest BCUT2D eigenvalue weighted by atomic mass is 16.4.